The van der Waals surface area contributed by atoms with Gasteiger partial charge in [0.25, 0.3) is 5.56 Å². The first-order valence-corrected chi connectivity index (χ1v) is 8.47. The summed E-state index contributed by atoms with van der Waals surface area (Å²) in [5, 5.41) is 2.20. The summed E-state index contributed by atoms with van der Waals surface area (Å²) < 4.78 is 75.5. The van der Waals surface area contributed by atoms with Crippen molar-refractivity contribution < 1.29 is 26.7 Å². The van der Waals surface area contributed by atoms with Crippen molar-refractivity contribution in [1.29, 1.82) is 0 Å². The van der Waals surface area contributed by atoms with Crippen molar-refractivity contribution in [3.63, 3.8) is 0 Å². The van der Waals surface area contributed by atoms with E-state index in [1.165, 1.54) is 14.1 Å². The monoisotopic (exact) mass is 429 g/mol. The molecule has 0 saturated carbocycles. The van der Waals surface area contributed by atoms with Crippen molar-refractivity contribution in [3.05, 3.63) is 45.4 Å². The van der Waals surface area contributed by atoms with E-state index >= 15 is 0 Å². The Balaban J connectivity index is 2.68. The van der Waals surface area contributed by atoms with E-state index in [0.717, 1.165) is 17.7 Å². The van der Waals surface area contributed by atoms with Crippen LogP contribution in [-0.2, 0) is 19.8 Å². The molecule has 0 spiro atoms. The minimum atomic E-state index is -4.97. The number of rotatable bonds is 4. The second kappa shape index (κ2) is 7.52. The fourth-order valence-electron chi connectivity index (χ4n) is 3.24. The molecule has 7 nitrogen and oxygen atoms in total. The highest BCUT2D eigenvalue weighted by molar-refractivity contribution is 5.96. The summed E-state index contributed by atoms with van der Waals surface area (Å²) in [6.45, 7) is -0.717. The molecule has 30 heavy (non-hydrogen) atoms. The fraction of sp³-hybridized carbons (Fsp3) is 0.278. The quantitative estimate of drug-likeness (QED) is 0.620. The second-order valence-corrected chi connectivity index (χ2v) is 6.23. The molecule has 0 bridgehead atoms. The second-order valence-electron chi connectivity index (χ2n) is 6.23. The summed E-state index contributed by atoms with van der Waals surface area (Å²) in [5.74, 6) is -2.85. The number of halogens is 5. The lowest BCUT2D eigenvalue weighted by atomic mass is 9.94. The smallest absolute Gasteiger partial charge is 0.433 e. The zero-order chi connectivity index (χ0) is 22.4. The molecule has 3 rings (SSSR count). The Hall–Kier alpha value is -3.28. The number of nitrogens with zero attached hydrogens (tertiary/aromatic N) is 3. The molecule has 2 heterocycles. The van der Waals surface area contributed by atoms with E-state index in [1.807, 2.05) is 0 Å². The molecule has 3 aromatic rings. The number of alkyl halides is 3. The van der Waals surface area contributed by atoms with Crippen LogP contribution in [0, 0.1) is 11.6 Å². The van der Waals surface area contributed by atoms with E-state index in [9.17, 15) is 26.7 Å². The summed E-state index contributed by atoms with van der Waals surface area (Å²) in [4.78, 5) is 20.5. The first-order valence-electron chi connectivity index (χ1n) is 8.47. The molecule has 1 aromatic carbocycles. The van der Waals surface area contributed by atoms with Crippen LogP contribution in [-0.4, -0.2) is 28.7 Å². The Morgan fingerprint density at radius 1 is 1.23 bits per heavy atom. The van der Waals surface area contributed by atoms with E-state index in [4.69, 9.17) is 10.5 Å². The third kappa shape index (κ3) is 3.32. The number of aromatic nitrogens is 3. The highest BCUT2D eigenvalue weighted by atomic mass is 19.4. The summed E-state index contributed by atoms with van der Waals surface area (Å²) in [6.07, 6.45) is -4.97. The van der Waals surface area contributed by atoms with E-state index in [-0.39, 0.29) is 11.3 Å². The van der Waals surface area contributed by atoms with Crippen molar-refractivity contribution in [2.75, 3.05) is 19.5 Å². The van der Waals surface area contributed by atoms with Gasteiger partial charge in [-0.1, -0.05) is 0 Å². The summed E-state index contributed by atoms with van der Waals surface area (Å²) in [5.41, 5.74) is 1.34. The molecule has 0 aliphatic carbocycles. The molecule has 12 heteroatoms. The molecule has 0 aliphatic rings. The molecule has 3 N–H and O–H groups in total. The van der Waals surface area contributed by atoms with Crippen molar-refractivity contribution >= 4 is 17.0 Å². The first-order chi connectivity index (χ1) is 14.0. The van der Waals surface area contributed by atoms with Gasteiger partial charge in [-0.05, 0) is 6.07 Å². The maximum absolute atomic E-state index is 14.3. The van der Waals surface area contributed by atoms with Crippen molar-refractivity contribution in [1.82, 2.24) is 14.5 Å². The van der Waals surface area contributed by atoms with Crippen LogP contribution in [0.15, 0.2) is 16.9 Å². The van der Waals surface area contributed by atoms with E-state index in [2.05, 4.69) is 15.3 Å². The normalized spacial score (nSPS) is 11.8. The number of hydrogen-bond acceptors (Lipinski definition) is 6. The van der Waals surface area contributed by atoms with Crippen molar-refractivity contribution in [2.24, 2.45) is 12.8 Å². The topological polar surface area (TPSA) is 95.1 Å². The van der Waals surface area contributed by atoms with E-state index in [0.29, 0.717) is 6.07 Å². The third-order valence-electron chi connectivity index (χ3n) is 4.51. The molecule has 0 saturated heterocycles. The van der Waals surface area contributed by atoms with Gasteiger partial charge in [0.1, 0.15) is 5.82 Å². The Labute approximate surface area is 166 Å². The Bertz CT molecular complexity index is 1210. The van der Waals surface area contributed by atoms with Gasteiger partial charge in [-0.15, -0.1) is 0 Å². The van der Waals surface area contributed by atoms with Crippen molar-refractivity contribution in [2.45, 2.75) is 12.7 Å². The number of fused-ring (bicyclic) bond motifs is 1. The predicted molar refractivity (Wildman–Crippen MR) is 99.1 cm³/mol. The molecular formula is C18H16F5N5O2. The van der Waals surface area contributed by atoms with Crippen LogP contribution in [0.3, 0.4) is 0 Å². The lowest BCUT2D eigenvalue weighted by molar-refractivity contribution is -0.141. The average Bonchev–Trinajstić information content (AvgIpc) is 2.67. The number of nitrogens with one attached hydrogen (secondary N) is 1. The maximum Gasteiger partial charge on any atom is 0.433 e. The number of benzene rings is 1. The Morgan fingerprint density at radius 2 is 1.90 bits per heavy atom. The van der Waals surface area contributed by atoms with Gasteiger partial charge in [-0.2, -0.15) is 18.2 Å². The minimum Gasteiger partial charge on any atom is -0.493 e. The number of nitrogens with two attached hydrogens (primary N) is 1. The summed E-state index contributed by atoms with van der Waals surface area (Å²) >= 11 is 0. The molecule has 2 aromatic heterocycles. The number of hydrogen-bond donors (Lipinski definition) is 2. The van der Waals surface area contributed by atoms with Gasteiger partial charge < -0.3 is 15.8 Å². The number of ether oxygens (including phenoxy) is 1. The maximum atomic E-state index is 14.3. The SMILES string of the molecule is CNc1nc2nc(C(F)(F)F)c(CN)c(-c3cc(F)cc(F)c3OC)c2c(=O)n1C. The molecule has 0 atom stereocenters. The molecule has 0 amide bonds. The first kappa shape index (κ1) is 21.4. The standard InChI is InChI=1S/C18H16F5N5O2/c1-25-17-27-15-12(16(29)28(17)2)11(9(6-24)14(26-15)18(21,22)23)8-4-7(19)5-10(20)13(8)30-3/h4-5H,6,24H2,1-3H3,(H,25,26,27). The van der Waals surface area contributed by atoms with Crippen LogP contribution in [0.5, 0.6) is 5.75 Å². The van der Waals surface area contributed by atoms with E-state index in [1.54, 1.807) is 0 Å². The average molecular weight is 429 g/mol. The van der Waals surface area contributed by atoms with Crippen LogP contribution < -0.4 is 21.3 Å². The van der Waals surface area contributed by atoms with Gasteiger partial charge in [0, 0.05) is 43.4 Å². The number of pyridine rings is 1. The largest absolute Gasteiger partial charge is 0.493 e. The molecule has 0 unspecified atom stereocenters. The molecule has 0 fully saturated rings. The van der Waals surface area contributed by atoms with Gasteiger partial charge in [0.15, 0.2) is 22.9 Å². The summed E-state index contributed by atoms with van der Waals surface area (Å²) in [7, 11) is 3.80. The van der Waals surface area contributed by atoms with Gasteiger partial charge in [0.2, 0.25) is 5.95 Å². The van der Waals surface area contributed by atoms with Crippen LogP contribution in [0.25, 0.3) is 22.2 Å². The highest BCUT2D eigenvalue weighted by Crippen LogP contribution is 2.42. The number of anilines is 1. The molecule has 0 radical (unpaired) electrons. The van der Waals surface area contributed by atoms with Gasteiger partial charge in [-0.3, -0.25) is 9.36 Å². The van der Waals surface area contributed by atoms with E-state index < -0.39 is 63.7 Å². The van der Waals surface area contributed by atoms with Crippen LogP contribution in [0.4, 0.5) is 27.9 Å². The van der Waals surface area contributed by atoms with Gasteiger partial charge in [-0.25, -0.2) is 13.8 Å². The van der Waals surface area contributed by atoms with Crippen LogP contribution in [0.2, 0.25) is 0 Å². The van der Waals surface area contributed by atoms with Crippen LogP contribution in [0.1, 0.15) is 11.3 Å². The predicted octanol–water partition coefficient (Wildman–Crippen LogP) is 2.80. The van der Waals surface area contributed by atoms with Crippen molar-refractivity contribution in [3.8, 4) is 16.9 Å². The molecule has 160 valence electrons. The molecule has 0 aliphatic heterocycles. The van der Waals surface area contributed by atoms with Gasteiger partial charge in [0.05, 0.1) is 12.5 Å². The van der Waals surface area contributed by atoms with Crippen LogP contribution >= 0.6 is 0 Å². The lowest BCUT2D eigenvalue weighted by Gasteiger charge is -2.20. The lowest BCUT2D eigenvalue weighted by Crippen LogP contribution is -2.25. The highest BCUT2D eigenvalue weighted by Gasteiger charge is 2.38. The van der Waals surface area contributed by atoms with Gasteiger partial charge >= 0.3 is 6.18 Å². The Kier molecular flexibility index (Phi) is 5.37. The minimum absolute atomic E-state index is 0.0584. The number of methoxy groups -OCH3 is 1. The summed E-state index contributed by atoms with van der Waals surface area (Å²) in [6, 6.07) is 1.27. The molecular weight excluding hydrogens is 413 g/mol. The zero-order valence-corrected chi connectivity index (χ0v) is 16.0. The third-order valence-corrected chi connectivity index (χ3v) is 4.51. The zero-order valence-electron chi connectivity index (χ0n) is 16.0. The Morgan fingerprint density at radius 3 is 2.43 bits per heavy atom. The fourth-order valence-corrected chi connectivity index (χ4v) is 3.24.